The second-order valence-electron chi connectivity index (χ2n) is 7.94. The molecule has 1 heterocycles. The fraction of sp³-hybridized carbons (Fsp3) is 0.231. The Hall–Kier alpha value is -3.94. The topological polar surface area (TPSA) is 67.9 Å². The summed E-state index contributed by atoms with van der Waals surface area (Å²) in [5.74, 6) is -1.51. The molecule has 1 saturated heterocycles. The van der Waals surface area contributed by atoms with Crippen LogP contribution in [-0.4, -0.2) is 26.0 Å². The molecule has 0 spiro atoms. The van der Waals surface area contributed by atoms with E-state index in [1.54, 1.807) is 67.7 Å². The minimum atomic E-state index is -0.741. The van der Waals surface area contributed by atoms with Gasteiger partial charge in [-0.25, -0.2) is 8.78 Å². The number of nitrogens with zero attached hydrogens (tertiary/aromatic N) is 1. The lowest BCUT2D eigenvalue weighted by atomic mass is 9.83. The van der Waals surface area contributed by atoms with Crippen LogP contribution in [0.1, 0.15) is 24.4 Å². The van der Waals surface area contributed by atoms with E-state index in [1.165, 1.54) is 0 Å². The first-order chi connectivity index (χ1) is 16.4. The number of halogens is 2. The Morgan fingerprint density at radius 1 is 0.941 bits per heavy atom. The number of rotatable bonds is 6. The number of benzene rings is 3. The largest absolute Gasteiger partial charge is 0.497 e. The Balaban J connectivity index is 1.74. The normalized spacial score (nSPS) is 17.9. The summed E-state index contributed by atoms with van der Waals surface area (Å²) in [5, 5.41) is 2.51. The molecular weight excluding hydrogens is 442 g/mol. The third kappa shape index (κ3) is 4.71. The Bertz CT molecular complexity index is 1180. The number of ether oxygens (including phenoxy) is 2. The van der Waals surface area contributed by atoms with E-state index in [0.29, 0.717) is 22.7 Å². The van der Waals surface area contributed by atoms with Gasteiger partial charge in [0.15, 0.2) is 0 Å². The highest BCUT2D eigenvalue weighted by Gasteiger charge is 2.41. The number of carbonyl (C=O) groups excluding carboxylic acids is 2. The van der Waals surface area contributed by atoms with Gasteiger partial charge in [-0.2, -0.15) is 0 Å². The summed E-state index contributed by atoms with van der Waals surface area (Å²) >= 11 is 0. The number of nitrogens with one attached hydrogen (secondary N) is 1. The van der Waals surface area contributed by atoms with Crippen LogP contribution in [0.2, 0.25) is 0 Å². The molecule has 3 aromatic rings. The highest BCUT2D eigenvalue weighted by Crippen LogP contribution is 2.41. The molecular formula is C26H24F2N2O4. The molecule has 6 nitrogen and oxygen atoms in total. The van der Waals surface area contributed by atoms with Gasteiger partial charge in [-0.15, -0.1) is 0 Å². The van der Waals surface area contributed by atoms with Gasteiger partial charge >= 0.3 is 0 Å². The molecule has 8 heteroatoms. The van der Waals surface area contributed by atoms with E-state index in [9.17, 15) is 18.4 Å². The van der Waals surface area contributed by atoms with E-state index in [-0.39, 0.29) is 24.4 Å². The van der Waals surface area contributed by atoms with Crippen LogP contribution in [-0.2, 0) is 9.59 Å². The lowest BCUT2D eigenvalue weighted by molar-refractivity contribution is -0.126. The third-order valence-corrected chi connectivity index (χ3v) is 5.93. The fourth-order valence-corrected chi connectivity index (χ4v) is 4.22. The number of hydrogen-bond acceptors (Lipinski definition) is 4. The van der Waals surface area contributed by atoms with Crippen molar-refractivity contribution < 1.29 is 27.8 Å². The second-order valence-corrected chi connectivity index (χ2v) is 7.94. The summed E-state index contributed by atoms with van der Waals surface area (Å²) in [4.78, 5) is 28.0. The summed E-state index contributed by atoms with van der Waals surface area (Å²) in [5.41, 5.74) is 1.07. The van der Waals surface area contributed by atoms with E-state index in [2.05, 4.69) is 5.32 Å². The van der Waals surface area contributed by atoms with Gasteiger partial charge in [0.2, 0.25) is 11.8 Å². The van der Waals surface area contributed by atoms with E-state index in [0.717, 1.165) is 18.2 Å². The van der Waals surface area contributed by atoms with E-state index < -0.39 is 29.5 Å². The molecule has 0 aliphatic carbocycles. The zero-order chi connectivity index (χ0) is 24.2. The minimum absolute atomic E-state index is 0.127. The maximum absolute atomic E-state index is 14.2. The maximum Gasteiger partial charge on any atom is 0.230 e. The van der Waals surface area contributed by atoms with Crippen LogP contribution >= 0.6 is 0 Å². The van der Waals surface area contributed by atoms with Crippen molar-refractivity contribution >= 4 is 23.2 Å². The van der Waals surface area contributed by atoms with E-state index >= 15 is 0 Å². The predicted molar refractivity (Wildman–Crippen MR) is 124 cm³/mol. The predicted octanol–water partition coefficient (Wildman–Crippen LogP) is 5.11. The molecule has 0 aromatic heterocycles. The van der Waals surface area contributed by atoms with Crippen LogP contribution < -0.4 is 19.7 Å². The standard InChI is InChI=1S/C26H24F2N2O4/c1-33-19-8-3-16(4-9-19)25-21(26(32)29-23-15-17(27)5-13-22(23)28)12-14-24(31)30(25)18-6-10-20(34-2)11-7-18/h3-11,13,15,21,25H,12,14H2,1-2H3,(H,29,32)/t21-,25+/m1/s1. The molecule has 4 rings (SSSR count). The molecule has 0 radical (unpaired) electrons. The lowest BCUT2D eigenvalue weighted by Gasteiger charge is -2.41. The Morgan fingerprint density at radius 3 is 2.18 bits per heavy atom. The second kappa shape index (κ2) is 9.91. The number of carbonyl (C=O) groups is 2. The van der Waals surface area contributed by atoms with Gasteiger partial charge in [-0.05, 0) is 60.5 Å². The van der Waals surface area contributed by atoms with Gasteiger partial charge in [-0.1, -0.05) is 12.1 Å². The van der Waals surface area contributed by atoms with Crippen LogP contribution in [0, 0.1) is 17.6 Å². The molecule has 0 unspecified atom stereocenters. The van der Waals surface area contributed by atoms with Crippen molar-refractivity contribution in [2.75, 3.05) is 24.4 Å². The molecule has 1 fully saturated rings. The smallest absolute Gasteiger partial charge is 0.230 e. The first-order valence-corrected chi connectivity index (χ1v) is 10.8. The van der Waals surface area contributed by atoms with Gasteiger partial charge < -0.3 is 19.7 Å². The number of piperidine rings is 1. The van der Waals surface area contributed by atoms with Gasteiger partial charge in [0, 0.05) is 18.2 Å². The number of anilines is 2. The first kappa shape index (κ1) is 23.2. The fourth-order valence-electron chi connectivity index (χ4n) is 4.22. The molecule has 2 atom stereocenters. The summed E-state index contributed by atoms with van der Waals surface area (Å²) in [6.45, 7) is 0. The van der Waals surface area contributed by atoms with Crippen molar-refractivity contribution in [3.8, 4) is 11.5 Å². The molecule has 1 N–H and O–H groups in total. The van der Waals surface area contributed by atoms with Gasteiger partial charge in [0.05, 0.1) is 31.9 Å². The van der Waals surface area contributed by atoms with Crippen LogP contribution in [0.3, 0.4) is 0 Å². The van der Waals surface area contributed by atoms with Crippen molar-refractivity contribution in [1.82, 2.24) is 0 Å². The van der Waals surface area contributed by atoms with Crippen molar-refractivity contribution in [2.24, 2.45) is 5.92 Å². The highest BCUT2D eigenvalue weighted by atomic mass is 19.1. The number of amides is 2. The average Bonchev–Trinajstić information content (AvgIpc) is 2.86. The van der Waals surface area contributed by atoms with E-state index in [4.69, 9.17) is 9.47 Å². The molecule has 0 bridgehead atoms. The number of methoxy groups -OCH3 is 2. The van der Waals surface area contributed by atoms with Crippen LogP contribution in [0.25, 0.3) is 0 Å². The van der Waals surface area contributed by atoms with Gasteiger partial charge in [0.25, 0.3) is 0 Å². The van der Waals surface area contributed by atoms with Crippen molar-refractivity contribution in [3.05, 3.63) is 83.9 Å². The molecule has 3 aromatic carbocycles. The monoisotopic (exact) mass is 466 g/mol. The van der Waals surface area contributed by atoms with Crippen LogP contribution in [0.4, 0.5) is 20.2 Å². The molecule has 0 saturated carbocycles. The number of hydrogen-bond donors (Lipinski definition) is 1. The summed E-state index contributed by atoms with van der Waals surface area (Å²) < 4.78 is 38.3. The highest BCUT2D eigenvalue weighted by molar-refractivity contribution is 6.00. The van der Waals surface area contributed by atoms with Gasteiger partial charge in [0.1, 0.15) is 23.1 Å². The van der Waals surface area contributed by atoms with E-state index in [1.807, 2.05) is 0 Å². The molecule has 34 heavy (non-hydrogen) atoms. The minimum Gasteiger partial charge on any atom is -0.497 e. The third-order valence-electron chi connectivity index (χ3n) is 5.93. The summed E-state index contributed by atoms with van der Waals surface area (Å²) in [7, 11) is 3.10. The Labute approximate surface area is 196 Å². The summed E-state index contributed by atoms with van der Waals surface area (Å²) in [6.07, 6.45) is 0.382. The molecule has 1 aliphatic rings. The molecule has 1 aliphatic heterocycles. The van der Waals surface area contributed by atoms with Crippen molar-refractivity contribution in [3.63, 3.8) is 0 Å². The van der Waals surface area contributed by atoms with Crippen LogP contribution in [0.5, 0.6) is 11.5 Å². The van der Waals surface area contributed by atoms with Crippen molar-refractivity contribution in [2.45, 2.75) is 18.9 Å². The zero-order valence-corrected chi connectivity index (χ0v) is 18.8. The SMILES string of the molecule is COc1ccc([C@H]2[C@H](C(=O)Nc3cc(F)ccc3F)CCC(=O)N2c2ccc(OC)cc2)cc1. The Kier molecular flexibility index (Phi) is 6.77. The Morgan fingerprint density at radius 2 is 1.56 bits per heavy atom. The first-order valence-electron chi connectivity index (χ1n) is 10.8. The maximum atomic E-state index is 14.2. The van der Waals surface area contributed by atoms with Gasteiger partial charge in [-0.3, -0.25) is 9.59 Å². The molecule has 2 amide bonds. The van der Waals surface area contributed by atoms with Crippen LogP contribution in [0.15, 0.2) is 66.7 Å². The quantitative estimate of drug-likeness (QED) is 0.549. The average molecular weight is 466 g/mol. The zero-order valence-electron chi connectivity index (χ0n) is 18.8. The lowest BCUT2D eigenvalue weighted by Crippen LogP contribution is -2.47. The van der Waals surface area contributed by atoms with Crippen molar-refractivity contribution in [1.29, 1.82) is 0 Å². The molecule has 176 valence electrons. The summed E-state index contributed by atoms with van der Waals surface area (Å²) in [6, 6.07) is 16.3.